The van der Waals surface area contributed by atoms with E-state index in [0.29, 0.717) is 5.56 Å². The maximum Gasteiger partial charge on any atom is 0.419 e. The monoisotopic (exact) mass is 395 g/mol. The number of Topliss-reactive ketones (excluding diaryl/α,β-unsaturated/α-hetero) is 1. The summed E-state index contributed by atoms with van der Waals surface area (Å²) in [6, 6.07) is 9.86. The summed E-state index contributed by atoms with van der Waals surface area (Å²) in [5, 5.41) is 0.0817. The van der Waals surface area contributed by atoms with E-state index < -0.39 is 23.0 Å². The number of alkyl halides is 3. The second-order valence-corrected chi connectivity index (χ2v) is 6.94. The highest BCUT2D eigenvalue weighted by atomic mass is 35.5. The third-order valence-electron chi connectivity index (χ3n) is 3.97. The zero-order valence-electron chi connectivity index (χ0n) is 14.7. The lowest BCUT2D eigenvalue weighted by Crippen LogP contribution is -2.32. The van der Waals surface area contributed by atoms with E-state index >= 15 is 0 Å². The summed E-state index contributed by atoms with van der Waals surface area (Å²) in [4.78, 5) is 15.8. The predicted molar refractivity (Wildman–Crippen MR) is 97.1 cm³/mol. The Labute approximate surface area is 160 Å². The molecule has 0 aliphatic heterocycles. The average molecular weight is 396 g/mol. The topological polar surface area (TPSA) is 30.7 Å². The summed E-state index contributed by atoms with van der Waals surface area (Å²) >= 11 is 5.77. The normalized spacial score (nSPS) is 13.5. The first-order chi connectivity index (χ1) is 12.5. The number of hydrogen-bond donors (Lipinski definition) is 0. The second kappa shape index (κ2) is 8.01. The first-order valence-electron chi connectivity index (χ1n) is 8.02. The number of ether oxygens (including phenoxy) is 1. The fourth-order valence-corrected chi connectivity index (χ4v) is 2.56. The van der Waals surface area contributed by atoms with Gasteiger partial charge in [-0.05, 0) is 25.1 Å². The van der Waals surface area contributed by atoms with E-state index in [1.165, 1.54) is 6.92 Å². The zero-order chi connectivity index (χ0) is 20.2. The summed E-state index contributed by atoms with van der Waals surface area (Å²) in [6.45, 7) is 10.4. The highest BCUT2D eigenvalue weighted by molar-refractivity contribution is 6.30. The number of carbonyl (C=O) groups is 1. The molecule has 0 amide bonds. The minimum absolute atomic E-state index is 0.0817. The van der Waals surface area contributed by atoms with Gasteiger partial charge in [0.15, 0.2) is 12.4 Å². The Morgan fingerprint density at radius 1 is 1.19 bits per heavy atom. The van der Waals surface area contributed by atoms with Gasteiger partial charge in [0, 0.05) is 17.5 Å². The fourth-order valence-electron chi connectivity index (χ4n) is 2.39. The lowest BCUT2D eigenvalue weighted by atomic mass is 9.93. The lowest BCUT2D eigenvalue weighted by molar-refractivity contribution is -0.139. The van der Waals surface area contributed by atoms with Gasteiger partial charge in [-0.2, -0.15) is 13.2 Å². The molecule has 7 heteroatoms. The van der Waals surface area contributed by atoms with Crippen LogP contribution in [0.4, 0.5) is 13.2 Å². The van der Waals surface area contributed by atoms with Gasteiger partial charge in [-0.25, -0.2) is 6.57 Å². The summed E-state index contributed by atoms with van der Waals surface area (Å²) < 4.78 is 44.6. The van der Waals surface area contributed by atoms with Gasteiger partial charge in [0.2, 0.25) is 0 Å². The molecule has 0 spiro atoms. The minimum atomic E-state index is -4.62. The molecule has 142 valence electrons. The third kappa shape index (κ3) is 5.48. The van der Waals surface area contributed by atoms with E-state index in [9.17, 15) is 18.0 Å². The molecule has 0 fully saturated rings. The minimum Gasteiger partial charge on any atom is -0.484 e. The van der Waals surface area contributed by atoms with Crippen LogP contribution in [0.5, 0.6) is 5.75 Å². The van der Waals surface area contributed by atoms with Gasteiger partial charge in [-0.1, -0.05) is 41.4 Å². The molecule has 2 aromatic carbocycles. The van der Waals surface area contributed by atoms with Gasteiger partial charge in [-0.3, -0.25) is 4.79 Å². The maximum atomic E-state index is 13.1. The van der Waals surface area contributed by atoms with Crippen molar-refractivity contribution >= 4 is 17.4 Å². The number of halogens is 4. The number of aryl methyl sites for hydroxylation is 1. The van der Waals surface area contributed by atoms with E-state index in [4.69, 9.17) is 22.9 Å². The Bertz CT molecular complexity index is 872. The third-order valence-corrected chi connectivity index (χ3v) is 4.21. The number of hydrogen-bond acceptors (Lipinski definition) is 2. The van der Waals surface area contributed by atoms with Crippen molar-refractivity contribution in [3.63, 3.8) is 0 Å². The standard InChI is InChI=1S/C20H17ClF3NO2/c1-13-4-6-14(7-5-13)17(26)11-19(2,25-3)12-27-18-10-15(21)8-9-16(18)20(22,23)24/h4-10H,11-12H2,1-2H3. The molecule has 0 bridgehead atoms. The molecule has 0 heterocycles. The van der Waals surface area contributed by atoms with Crippen molar-refractivity contribution in [2.45, 2.75) is 32.0 Å². The van der Waals surface area contributed by atoms with Crippen LogP contribution < -0.4 is 4.74 Å². The molecule has 0 saturated carbocycles. The Hall–Kier alpha value is -2.52. The predicted octanol–water partition coefficient (Wildman–Crippen LogP) is 6.00. The van der Waals surface area contributed by atoms with Crippen LogP contribution in [-0.4, -0.2) is 17.9 Å². The van der Waals surface area contributed by atoms with E-state index in [0.717, 1.165) is 23.8 Å². The average Bonchev–Trinajstić information content (AvgIpc) is 2.59. The van der Waals surface area contributed by atoms with Crippen molar-refractivity contribution in [2.75, 3.05) is 6.61 Å². The summed E-state index contributed by atoms with van der Waals surface area (Å²) in [5.74, 6) is -0.744. The Balaban J connectivity index is 2.17. The van der Waals surface area contributed by atoms with Crippen molar-refractivity contribution in [1.82, 2.24) is 0 Å². The molecule has 1 unspecified atom stereocenters. The largest absolute Gasteiger partial charge is 0.484 e. The molecule has 0 N–H and O–H groups in total. The Morgan fingerprint density at radius 2 is 1.81 bits per heavy atom. The van der Waals surface area contributed by atoms with Gasteiger partial charge < -0.3 is 9.58 Å². The molecule has 0 aliphatic carbocycles. The molecular weight excluding hydrogens is 379 g/mol. The molecule has 1 atom stereocenters. The lowest BCUT2D eigenvalue weighted by Gasteiger charge is -2.19. The summed E-state index contributed by atoms with van der Waals surface area (Å²) in [6.07, 6.45) is -4.80. The first-order valence-corrected chi connectivity index (χ1v) is 8.40. The molecule has 3 nitrogen and oxygen atoms in total. The van der Waals surface area contributed by atoms with Crippen molar-refractivity contribution in [3.8, 4) is 5.75 Å². The molecule has 2 aromatic rings. The Kier molecular flexibility index (Phi) is 6.17. The summed E-state index contributed by atoms with van der Waals surface area (Å²) in [5.41, 5.74) is -0.866. The van der Waals surface area contributed by atoms with Crippen LogP contribution in [-0.2, 0) is 6.18 Å². The molecular formula is C20H17ClF3NO2. The van der Waals surface area contributed by atoms with Crippen LogP contribution in [0.2, 0.25) is 5.02 Å². The molecule has 0 aliphatic rings. The second-order valence-electron chi connectivity index (χ2n) is 6.50. The summed E-state index contributed by atoms with van der Waals surface area (Å²) in [7, 11) is 0. The van der Waals surface area contributed by atoms with Crippen LogP contribution in [0.15, 0.2) is 42.5 Å². The van der Waals surface area contributed by atoms with Crippen molar-refractivity contribution < 1.29 is 22.7 Å². The van der Waals surface area contributed by atoms with Crippen LogP contribution in [0.25, 0.3) is 4.85 Å². The van der Waals surface area contributed by atoms with E-state index in [2.05, 4.69) is 4.85 Å². The molecule has 0 saturated heterocycles. The van der Waals surface area contributed by atoms with Crippen LogP contribution in [0, 0.1) is 13.5 Å². The van der Waals surface area contributed by atoms with Crippen LogP contribution in [0.1, 0.15) is 34.8 Å². The van der Waals surface area contributed by atoms with Gasteiger partial charge in [0.1, 0.15) is 5.75 Å². The van der Waals surface area contributed by atoms with Crippen molar-refractivity contribution in [3.05, 3.63) is 75.6 Å². The molecule has 2 rings (SSSR count). The quantitative estimate of drug-likeness (QED) is 0.444. The molecule has 0 radical (unpaired) electrons. The van der Waals surface area contributed by atoms with E-state index in [1.54, 1.807) is 24.3 Å². The number of rotatable bonds is 6. The van der Waals surface area contributed by atoms with Gasteiger partial charge in [0.05, 0.1) is 12.0 Å². The fraction of sp³-hybridized carbons (Fsp3) is 0.300. The van der Waals surface area contributed by atoms with Crippen molar-refractivity contribution in [1.29, 1.82) is 0 Å². The molecule has 27 heavy (non-hydrogen) atoms. The first kappa shape index (κ1) is 20.8. The highest BCUT2D eigenvalue weighted by Gasteiger charge is 2.38. The number of benzene rings is 2. The van der Waals surface area contributed by atoms with Crippen LogP contribution in [0.3, 0.4) is 0 Å². The number of nitrogens with zero attached hydrogens (tertiary/aromatic N) is 1. The SMILES string of the molecule is [C-]#[N+]C(C)(COc1cc(Cl)ccc1C(F)(F)F)CC(=O)c1ccc(C)cc1. The van der Waals surface area contributed by atoms with Crippen molar-refractivity contribution in [2.24, 2.45) is 0 Å². The van der Waals surface area contributed by atoms with Gasteiger partial charge >= 0.3 is 6.18 Å². The maximum absolute atomic E-state index is 13.1. The number of ketones is 1. The van der Waals surface area contributed by atoms with Crippen LogP contribution >= 0.6 is 11.6 Å². The smallest absolute Gasteiger partial charge is 0.419 e. The number of carbonyl (C=O) groups excluding carboxylic acids is 1. The zero-order valence-corrected chi connectivity index (χ0v) is 15.5. The van der Waals surface area contributed by atoms with Gasteiger partial charge in [0.25, 0.3) is 5.54 Å². The highest BCUT2D eigenvalue weighted by Crippen LogP contribution is 2.38. The van der Waals surface area contributed by atoms with Gasteiger partial charge in [-0.15, -0.1) is 0 Å². The molecule has 0 aromatic heterocycles. The van der Waals surface area contributed by atoms with E-state index in [-0.39, 0.29) is 23.8 Å². The Morgan fingerprint density at radius 3 is 2.37 bits per heavy atom. The van der Waals surface area contributed by atoms with E-state index in [1.807, 2.05) is 6.92 Å².